The molecule has 0 amide bonds. The highest BCUT2D eigenvalue weighted by Gasteiger charge is 2.17. The quantitative estimate of drug-likeness (QED) is 0.884. The molecule has 1 saturated heterocycles. The second-order valence-electron chi connectivity index (χ2n) is 6.24. The van der Waals surface area contributed by atoms with Gasteiger partial charge in [-0.3, -0.25) is 0 Å². The summed E-state index contributed by atoms with van der Waals surface area (Å²) in [4.78, 5) is 14.0. The Morgan fingerprint density at radius 1 is 1.04 bits per heavy atom. The highest BCUT2D eigenvalue weighted by atomic mass is 15.3. The molecule has 5 heteroatoms. The molecule has 0 aliphatic carbocycles. The number of aromatic nitrogens is 2. The van der Waals surface area contributed by atoms with Gasteiger partial charge in [0.05, 0.1) is 0 Å². The molecule has 0 radical (unpaired) electrons. The Balaban J connectivity index is 1.59. The predicted octanol–water partition coefficient (Wildman–Crippen LogP) is 2.58. The number of rotatable bonds is 6. The summed E-state index contributed by atoms with van der Waals surface area (Å²) in [6.45, 7) is 10.5. The van der Waals surface area contributed by atoms with E-state index in [1.54, 1.807) is 0 Å². The molecule has 2 heterocycles. The van der Waals surface area contributed by atoms with Crippen LogP contribution in [0.2, 0.25) is 0 Å². The lowest BCUT2D eigenvalue weighted by atomic mass is 10.1. The maximum Gasteiger partial charge on any atom is 0.134 e. The first-order chi connectivity index (χ1) is 11.7. The molecule has 24 heavy (non-hydrogen) atoms. The van der Waals surface area contributed by atoms with Crippen molar-refractivity contribution < 1.29 is 0 Å². The van der Waals surface area contributed by atoms with E-state index >= 15 is 0 Å². The average Bonchev–Trinajstić information content (AvgIpc) is 2.62. The summed E-state index contributed by atoms with van der Waals surface area (Å²) in [6.07, 6.45) is 0.994. The summed E-state index contributed by atoms with van der Waals surface area (Å²) >= 11 is 0. The first-order valence-corrected chi connectivity index (χ1v) is 8.85. The minimum Gasteiger partial charge on any atom is -0.370 e. The molecule has 0 bridgehead atoms. The molecule has 1 N–H and O–H groups in total. The van der Waals surface area contributed by atoms with Crippen LogP contribution < -0.4 is 10.2 Å². The predicted molar refractivity (Wildman–Crippen MR) is 99.7 cm³/mol. The lowest BCUT2D eigenvalue weighted by Gasteiger charge is -2.34. The summed E-state index contributed by atoms with van der Waals surface area (Å²) in [7, 11) is 0. The van der Waals surface area contributed by atoms with Crippen LogP contribution in [0.3, 0.4) is 0 Å². The maximum atomic E-state index is 4.63. The van der Waals surface area contributed by atoms with Crippen LogP contribution in [0.5, 0.6) is 0 Å². The van der Waals surface area contributed by atoms with Gasteiger partial charge in [0, 0.05) is 38.8 Å². The summed E-state index contributed by atoms with van der Waals surface area (Å²) in [5.41, 5.74) is 1.34. The van der Waals surface area contributed by atoms with Gasteiger partial charge in [-0.25, -0.2) is 9.97 Å². The fraction of sp³-hybridized carbons (Fsp3) is 0.474. The number of likely N-dealkylation sites (N-methyl/N-ethyl adjacent to an activating group) is 1. The van der Waals surface area contributed by atoms with Crippen molar-refractivity contribution in [2.45, 2.75) is 20.3 Å². The van der Waals surface area contributed by atoms with Gasteiger partial charge in [0.15, 0.2) is 0 Å². The van der Waals surface area contributed by atoms with Crippen LogP contribution in [0, 0.1) is 6.92 Å². The van der Waals surface area contributed by atoms with Crippen LogP contribution in [0.15, 0.2) is 36.4 Å². The summed E-state index contributed by atoms with van der Waals surface area (Å²) in [6, 6.07) is 12.6. The fourth-order valence-electron chi connectivity index (χ4n) is 3.08. The van der Waals surface area contributed by atoms with Crippen LogP contribution in [0.25, 0.3) is 0 Å². The molecule has 1 aromatic carbocycles. The Morgan fingerprint density at radius 3 is 2.50 bits per heavy atom. The van der Waals surface area contributed by atoms with Gasteiger partial charge < -0.3 is 15.1 Å². The van der Waals surface area contributed by atoms with Crippen molar-refractivity contribution in [3.05, 3.63) is 47.8 Å². The molecule has 128 valence electrons. The standard InChI is InChI=1S/C19H27N5/c1-3-23-11-13-24(14-12-23)19-15-18(21-16(2)22-19)20-10-9-17-7-5-4-6-8-17/h4-8,15H,3,9-14H2,1-2H3,(H,20,21,22). The molecule has 0 atom stereocenters. The highest BCUT2D eigenvalue weighted by molar-refractivity contribution is 5.49. The minimum atomic E-state index is 0.827. The molecule has 1 aromatic heterocycles. The molecule has 5 nitrogen and oxygen atoms in total. The first-order valence-electron chi connectivity index (χ1n) is 8.85. The highest BCUT2D eigenvalue weighted by Crippen LogP contribution is 2.17. The van der Waals surface area contributed by atoms with Crippen LogP contribution in [-0.4, -0.2) is 54.1 Å². The molecule has 0 saturated carbocycles. The van der Waals surface area contributed by atoms with Gasteiger partial charge in [-0.15, -0.1) is 0 Å². The molecule has 1 fully saturated rings. The van der Waals surface area contributed by atoms with Gasteiger partial charge in [-0.05, 0) is 25.5 Å². The number of nitrogens with one attached hydrogen (secondary N) is 1. The van der Waals surface area contributed by atoms with E-state index < -0.39 is 0 Å². The molecule has 0 spiro atoms. The molecule has 1 aliphatic rings. The van der Waals surface area contributed by atoms with Crippen LogP contribution in [0.4, 0.5) is 11.6 Å². The SMILES string of the molecule is CCN1CCN(c2cc(NCCc3ccccc3)nc(C)n2)CC1. The van der Waals surface area contributed by atoms with Gasteiger partial charge in [-0.1, -0.05) is 37.3 Å². The number of piperazine rings is 1. The van der Waals surface area contributed by atoms with Crippen molar-refractivity contribution >= 4 is 11.6 Å². The summed E-state index contributed by atoms with van der Waals surface area (Å²) in [5.74, 6) is 2.79. The van der Waals surface area contributed by atoms with Gasteiger partial charge in [0.2, 0.25) is 0 Å². The van der Waals surface area contributed by atoms with Gasteiger partial charge >= 0.3 is 0 Å². The van der Waals surface area contributed by atoms with Crippen LogP contribution in [-0.2, 0) is 6.42 Å². The molecular weight excluding hydrogens is 298 g/mol. The third kappa shape index (κ3) is 4.45. The summed E-state index contributed by atoms with van der Waals surface area (Å²) < 4.78 is 0. The fourth-order valence-corrected chi connectivity index (χ4v) is 3.08. The van der Waals surface area contributed by atoms with E-state index in [-0.39, 0.29) is 0 Å². The van der Waals surface area contributed by atoms with Crippen LogP contribution in [0.1, 0.15) is 18.3 Å². The minimum absolute atomic E-state index is 0.827. The normalized spacial score (nSPS) is 15.5. The Kier molecular flexibility index (Phi) is 5.64. The zero-order chi connectivity index (χ0) is 16.8. The van der Waals surface area contributed by atoms with E-state index in [4.69, 9.17) is 0 Å². The van der Waals surface area contributed by atoms with Gasteiger partial charge in [0.25, 0.3) is 0 Å². The van der Waals surface area contributed by atoms with E-state index in [1.807, 2.05) is 6.92 Å². The van der Waals surface area contributed by atoms with E-state index in [0.29, 0.717) is 0 Å². The number of nitrogens with zero attached hydrogens (tertiary/aromatic N) is 4. The molecule has 3 rings (SSSR count). The largest absolute Gasteiger partial charge is 0.370 e. The summed E-state index contributed by atoms with van der Waals surface area (Å²) in [5, 5.41) is 3.45. The van der Waals surface area contributed by atoms with Crippen molar-refractivity contribution in [3.8, 4) is 0 Å². The number of aryl methyl sites for hydroxylation is 1. The Labute approximate surface area is 144 Å². The first kappa shape index (κ1) is 16.7. The maximum absolute atomic E-state index is 4.63. The second-order valence-corrected chi connectivity index (χ2v) is 6.24. The second kappa shape index (κ2) is 8.11. The van der Waals surface area contributed by atoms with Gasteiger partial charge in [0.1, 0.15) is 17.5 Å². The lowest BCUT2D eigenvalue weighted by Crippen LogP contribution is -2.46. The van der Waals surface area contributed by atoms with Crippen molar-refractivity contribution in [2.24, 2.45) is 0 Å². The number of anilines is 2. The van der Waals surface area contributed by atoms with E-state index in [0.717, 1.165) is 63.1 Å². The molecule has 0 unspecified atom stereocenters. The molecule has 2 aromatic rings. The van der Waals surface area contributed by atoms with Crippen LogP contribution >= 0.6 is 0 Å². The van der Waals surface area contributed by atoms with Crippen molar-refractivity contribution in [1.82, 2.24) is 14.9 Å². The van der Waals surface area contributed by atoms with E-state index in [1.165, 1.54) is 5.56 Å². The van der Waals surface area contributed by atoms with Crippen molar-refractivity contribution in [1.29, 1.82) is 0 Å². The third-order valence-corrected chi connectivity index (χ3v) is 4.53. The average molecular weight is 325 g/mol. The Morgan fingerprint density at radius 2 is 1.79 bits per heavy atom. The zero-order valence-corrected chi connectivity index (χ0v) is 14.7. The van der Waals surface area contributed by atoms with Gasteiger partial charge in [-0.2, -0.15) is 0 Å². The topological polar surface area (TPSA) is 44.3 Å². The number of hydrogen-bond donors (Lipinski definition) is 1. The van der Waals surface area contributed by atoms with E-state index in [9.17, 15) is 0 Å². The monoisotopic (exact) mass is 325 g/mol. The molecule has 1 aliphatic heterocycles. The third-order valence-electron chi connectivity index (χ3n) is 4.53. The Bertz CT molecular complexity index is 635. The molecular formula is C19H27N5. The van der Waals surface area contributed by atoms with Crippen molar-refractivity contribution in [2.75, 3.05) is 49.5 Å². The van der Waals surface area contributed by atoms with E-state index in [2.05, 4.69) is 68.4 Å². The smallest absolute Gasteiger partial charge is 0.134 e. The number of benzene rings is 1. The van der Waals surface area contributed by atoms with Crippen molar-refractivity contribution in [3.63, 3.8) is 0 Å². The number of hydrogen-bond acceptors (Lipinski definition) is 5. The lowest BCUT2D eigenvalue weighted by molar-refractivity contribution is 0.270. The zero-order valence-electron chi connectivity index (χ0n) is 14.7. The Hall–Kier alpha value is -2.14.